The third-order valence-corrected chi connectivity index (χ3v) is 3.85. The van der Waals surface area contributed by atoms with Gasteiger partial charge in [0.2, 0.25) is 0 Å². The van der Waals surface area contributed by atoms with Crippen LogP contribution in [0.4, 0.5) is 5.82 Å². The highest BCUT2D eigenvalue weighted by Crippen LogP contribution is 2.29. The van der Waals surface area contributed by atoms with Crippen molar-refractivity contribution in [3.8, 4) is 11.3 Å². The van der Waals surface area contributed by atoms with Crippen LogP contribution in [0.2, 0.25) is 10.0 Å². The van der Waals surface area contributed by atoms with E-state index in [1.165, 1.54) is 0 Å². The number of nitrogens with one attached hydrogen (secondary N) is 1. The second-order valence-electron chi connectivity index (χ2n) is 4.64. The van der Waals surface area contributed by atoms with Crippen LogP contribution in [-0.2, 0) is 0 Å². The van der Waals surface area contributed by atoms with Crippen LogP contribution in [0.15, 0.2) is 30.3 Å². The van der Waals surface area contributed by atoms with Gasteiger partial charge in [0.15, 0.2) is 5.82 Å². The summed E-state index contributed by atoms with van der Waals surface area (Å²) in [5.74, 6) is 0.903. The van der Waals surface area contributed by atoms with E-state index in [1.54, 1.807) is 12.1 Å². The van der Waals surface area contributed by atoms with E-state index in [-0.39, 0.29) is 12.4 Å². The average molecular weight is 346 g/mol. The minimum Gasteiger partial charge on any atom is -0.353 e. The summed E-state index contributed by atoms with van der Waals surface area (Å²) >= 11 is 12.1. The lowest BCUT2D eigenvalue weighted by Crippen LogP contribution is -2.43. The van der Waals surface area contributed by atoms with Gasteiger partial charge < -0.3 is 10.2 Å². The Morgan fingerprint density at radius 1 is 1.00 bits per heavy atom. The van der Waals surface area contributed by atoms with E-state index in [2.05, 4.69) is 20.4 Å². The molecule has 1 aliphatic rings. The van der Waals surface area contributed by atoms with Crippen LogP contribution in [0.5, 0.6) is 0 Å². The zero-order valence-corrected chi connectivity index (χ0v) is 13.5. The molecule has 0 amide bonds. The number of anilines is 1. The first kappa shape index (κ1) is 16.3. The normalized spacial score (nSPS) is 14.7. The topological polar surface area (TPSA) is 41.0 Å². The van der Waals surface area contributed by atoms with Gasteiger partial charge in [-0.15, -0.1) is 22.6 Å². The van der Waals surface area contributed by atoms with Crippen LogP contribution in [0, 0.1) is 0 Å². The molecular formula is C14H15Cl3N4. The summed E-state index contributed by atoms with van der Waals surface area (Å²) in [7, 11) is 0. The van der Waals surface area contributed by atoms with Gasteiger partial charge in [-0.3, -0.25) is 0 Å². The molecule has 112 valence electrons. The summed E-state index contributed by atoms with van der Waals surface area (Å²) in [6.07, 6.45) is 0. The second kappa shape index (κ2) is 7.27. The van der Waals surface area contributed by atoms with Crippen molar-refractivity contribution < 1.29 is 0 Å². The zero-order valence-electron chi connectivity index (χ0n) is 11.2. The van der Waals surface area contributed by atoms with Gasteiger partial charge in [-0.2, -0.15) is 0 Å². The van der Waals surface area contributed by atoms with Crippen LogP contribution in [0.25, 0.3) is 11.3 Å². The predicted molar refractivity (Wildman–Crippen MR) is 89.8 cm³/mol. The van der Waals surface area contributed by atoms with Crippen LogP contribution in [-0.4, -0.2) is 36.4 Å². The van der Waals surface area contributed by atoms with Gasteiger partial charge in [0, 0.05) is 36.8 Å². The molecule has 4 nitrogen and oxygen atoms in total. The molecule has 7 heteroatoms. The molecule has 0 radical (unpaired) electrons. The molecule has 3 rings (SSSR count). The SMILES string of the molecule is Cl.Clc1ccc(-c2ccc(N3CCNCC3)nn2)c(Cl)c1. The number of hydrogen-bond donors (Lipinski definition) is 1. The van der Waals surface area contributed by atoms with Gasteiger partial charge in [0.25, 0.3) is 0 Å². The Hall–Kier alpha value is -1.07. The molecule has 1 N–H and O–H groups in total. The number of benzene rings is 1. The molecule has 0 aliphatic carbocycles. The fourth-order valence-corrected chi connectivity index (χ4v) is 2.73. The maximum absolute atomic E-state index is 6.18. The molecule has 2 heterocycles. The van der Waals surface area contributed by atoms with Crippen molar-refractivity contribution in [3.63, 3.8) is 0 Å². The molecule has 21 heavy (non-hydrogen) atoms. The van der Waals surface area contributed by atoms with Gasteiger partial charge >= 0.3 is 0 Å². The van der Waals surface area contributed by atoms with Crippen molar-refractivity contribution in [2.24, 2.45) is 0 Å². The van der Waals surface area contributed by atoms with Gasteiger partial charge in [0.05, 0.1) is 10.7 Å². The van der Waals surface area contributed by atoms with Crippen LogP contribution < -0.4 is 10.2 Å². The Bertz CT molecular complexity index is 598. The minimum absolute atomic E-state index is 0. The monoisotopic (exact) mass is 344 g/mol. The van der Waals surface area contributed by atoms with E-state index in [0.717, 1.165) is 43.3 Å². The van der Waals surface area contributed by atoms with Crippen LogP contribution >= 0.6 is 35.6 Å². The molecule has 1 fully saturated rings. The summed E-state index contributed by atoms with van der Waals surface area (Å²) in [4.78, 5) is 2.22. The Balaban J connectivity index is 0.00000161. The van der Waals surface area contributed by atoms with Crippen molar-refractivity contribution in [1.29, 1.82) is 0 Å². The number of halogens is 3. The summed E-state index contributed by atoms with van der Waals surface area (Å²) in [5.41, 5.74) is 1.60. The first-order valence-electron chi connectivity index (χ1n) is 6.49. The van der Waals surface area contributed by atoms with Crippen LogP contribution in [0.3, 0.4) is 0 Å². The highest BCUT2D eigenvalue weighted by atomic mass is 35.5. The van der Waals surface area contributed by atoms with Crippen molar-refractivity contribution in [2.75, 3.05) is 31.1 Å². The first-order chi connectivity index (χ1) is 9.74. The molecule has 1 saturated heterocycles. The van der Waals surface area contributed by atoms with Gasteiger partial charge in [-0.25, -0.2) is 0 Å². The molecule has 0 bridgehead atoms. The van der Waals surface area contributed by atoms with Gasteiger partial charge in [0.1, 0.15) is 0 Å². The second-order valence-corrected chi connectivity index (χ2v) is 5.48. The molecule has 0 saturated carbocycles. The standard InChI is InChI=1S/C14H14Cl2N4.ClH/c15-10-1-2-11(12(16)9-10)13-3-4-14(19-18-13)20-7-5-17-6-8-20;/h1-4,9,17H,5-8H2;1H. The molecular weight excluding hydrogens is 331 g/mol. The van der Waals surface area contributed by atoms with E-state index >= 15 is 0 Å². The lowest BCUT2D eigenvalue weighted by atomic mass is 10.1. The summed E-state index contributed by atoms with van der Waals surface area (Å²) in [6.45, 7) is 3.87. The number of piperazine rings is 1. The molecule has 0 spiro atoms. The van der Waals surface area contributed by atoms with Crippen molar-refractivity contribution in [3.05, 3.63) is 40.4 Å². The average Bonchev–Trinajstić information content (AvgIpc) is 2.48. The van der Waals surface area contributed by atoms with Gasteiger partial charge in [-0.1, -0.05) is 23.2 Å². The molecule has 1 aromatic carbocycles. The Labute approximate surface area is 139 Å². The van der Waals surface area contributed by atoms with E-state index in [4.69, 9.17) is 23.2 Å². The Kier molecular flexibility index (Phi) is 5.65. The first-order valence-corrected chi connectivity index (χ1v) is 7.24. The number of rotatable bonds is 2. The molecule has 1 aliphatic heterocycles. The molecule has 0 unspecified atom stereocenters. The maximum atomic E-state index is 6.18. The van der Waals surface area contributed by atoms with E-state index < -0.39 is 0 Å². The molecule has 0 atom stereocenters. The largest absolute Gasteiger partial charge is 0.353 e. The lowest BCUT2D eigenvalue weighted by Gasteiger charge is -2.27. The highest BCUT2D eigenvalue weighted by molar-refractivity contribution is 6.36. The zero-order chi connectivity index (χ0) is 13.9. The minimum atomic E-state index is 0. The van der Waals surface area contributed by atoms with Crippen molar-refractivity contribution in [2.45, 2.75) is 0 Å². The van der Waals surface area contributed by atoms with Crippen LogP contribution in [0.1, 0.15) is 0 Å². The number of hydrogen-bond acceptors (Lipinski definition) is 4. The lowest BCUT2D eigenvalue weighted by molar-refractivity contribution is 0.583. The van der Waals surface area contributed by atoms with Crippen molar-refractivity contribution in [1.82, 2.24) is 15.5 Å². The number of aromatic nitrogens is 2. The summed E-state index contributed by atoms with van der Waals surface area (Å²) < 4.78 is 0. The smallest absolute Gasteiger partial charge is 0.151 e. The third-order valence-electron chi connectivity index (χ3n) is 3.30. The van der Waals surface area contributed by atoms with E-state index in [9.17, 15) is 0 Å². The Morgan fingerprint density at radius 3 is 2.38 bits per heavy atom. The fraction of sp³-hybridized carbons (Fsp3) is 0.286. The predicted octanol–water partition coefficient (Wildman–Crippen LogP) is 3.28. The molecule has 1 aromatic heterocycles. The maximum Gasteiger partial charge on any atom is 0.151 e. The summed E-state index contributed by atoms with van der Waals surface area (Å²) in [5, 5.41) is 13.1. The fourth-order valence-electron chi connectivity index (χ4n) is 2.23. The quantitative estimate of drug-likeness (QED) is 0.907. The molecule has 2 aromatic rings. The summed E-state index contributed by atoms with van der Waals surface area (Å²) in [6, 6.07) is 9.30. The number of nitrogens with zero attached hydrogens (tertiary/aromatic N) is 3. The van der Waals surface area contributed by atoms with Gasteiger partial charge in [-0.05, 0) is 30.3 Å². The van der Waals surface area contributed by atoms with E-state index in [1.807, 2.05) is 18.2 Å². The Morgan fingerprint density at radius 2 is 1.76 bits per heavy atom. The third kappa shape index (κ3) is 3.77. The van der Waals surface area contributed by atoms with Crippen molar-refractivity contribution >= 4 is 41.4 Å². The van der Waals surface area contributed by atoms with E-state index in [0.29, 0.717) is 10.0 Å². The highest BCUT2D eigenvalue weighted by Gasteiger charge is 2.13.